The van der Waals surface area contributed by atoms with E-state index in [1.54, 1.807) is 6.92 Å². The first-order chi connectivity index (χ1) is 9.69. The third-order valence-corrected chi connectivity index (χ3v) is 3.05. The maximum atomic E-state index is 11.9. The number of rotatable bonds is 4. The first kappa shape index (κ1) is 14.0. The van der Waals surface area contributed by atoms with E-state index < -0.39 is 23.9 Å². The average Bonchev–Trinajstić information content (AvgIpc) is 2.92. The number of nitrogens with one attached hydrogen (secondary N) is 1. The topological polar surface area (TPSA) is 77.0 Å². The van der Waals surface area contributed by atoms with E-state index in [4.69, 9.17) is 9.47 Å². The van der Waals surface area contributed by atoms with Gasteiger partial charge in [-0.2, -0.15) is 5.10 Å². The lowest BCUT2D eigenvalue weighted by molar-refractivity contribution is -0.143. The largest absolute Gasteiger partial charge is 0.467 e. The molecule has 106 valence electrons. The Bertz CT molecular complexity index is 527. The van der Waals surface area contributed by atoms with Gasteiger partial charge in [-0.05, 0) is 12.5 Å². The predicted octanol–water partition coefficient (Wildman–Crippen LogP) is 0.834. The van der Waals surface area contributed by atoms with Gasteiger partial charge >= 0.3 is 11.9 Å². The summed E-state index contributed by atoms with van der Waals surface area (Å²) in [4.78, 5) is 23.8. The molecular weight excluding hydrogens is 260 g/mol. The first-order valence-corrected chi connectivity index (χ1v) is 6.32. The van der Waals surface area contributed by atoms with Crippen molar-refractivity contribution in [3.8, 4) is 0 Å². The molecule has 1 aliphatic heterocycles. The van der Waals surface area contributed by atoms with Crippen LogP contribution in [0.25, 0.3) is 0 Å². The summed E-state index contributed by atoms with van der Waals surface area (Å²) in [5, 5.41) is 3.95. The molecule has 0 fully saturated rings. The molecule has 2 atom stereocenters. The minimum atomic E-state index is -0.721. The number of carbonyl (C=O) groups excluding carboxylic acids is 2. The van der Waals surface area contributed by atoms with Crippen molar-refractivity contribution in [1.29, 1.82) is 0 Å². The molecule has 1 N–H and O–H groups in total. The Morgan fingerprint density at radius 2 is 2.00 bits per heavy atom. The van der Waals surface area contributed by atoms with Gasteiger partial charge in [0.25, 0.3) is 0 Å². The molecule has 0 spiro atoms. The van der Waals surface area contributed by atoms with Crippen molar-refractivity contribution in [2.24, 2.45) is 5.10 Å². The lowest BCUT2D eigenvalue weighted by Gasteiger charge is -2.18. The number of hydrogen-bond donors (Lipinski definition) is 1. The SMILES string of the molecule is CCOC(=O)C1=NNC(C(=O)OC)C1c1ccccc1. The predicted molar refractivity (Wildman–Crippen MR) is 72.2 cm³/mol. The van der Waals surface area contributed by atoms with Crippen LogP contribution in [0.1, 0.15) is 18.4 Å². The van der Waals surface area contributed by atoms with Crippen molar-refractivity contribution in [3.63, 3.8) is 0 Å². The summed E-state index contributed by atoms with van der Waals surface area (Å²) in [7, 11) is 1.30. The molecule has 2 unspecified atom stereocenters. The van der Waals surface area contributed by atoms with Gasteiger partial charge in [0.05, 0.1) is 19.6 Å². The normalized spacial score (nSPS) is 20.8. The highest BCUT2D eigenvalue weighted by Gasteiger charge is 2.42. The van der Waals surface area contributed by atoms with E-state index in [0.717, 1.165) is 5.56 Å². The van der Waals surface area contributed by atoms with Crippen LogP contribution in [-0.2, 0) is 19.1 Å². The molecule has 0 saturated carbocycles. The molecular formula is C14H16N2O4. The monoisotopic (exact) mass is 276 g/mol. The molecule has 20 heavy (non-hydrogen) atoms. The molecule has 1 aliphatic rings. The zero-order valence-electron chi connectivity index (χ0n) is 11.3. The molecule has 1 aromatic carbocycles. The third-order valence-electron chi connectivity index (χ3n) is 3.05. The number of benzene rings is 1. The minimum absolute atomic E-state index is 0.188. The Hall–Kier alpha value is -2.37. The van der Waals surface area contributed by atoms with Gasteiger partial charge in [0, 0.05) is 0 Å². The number of ether oxygens (including phenoxy) is 2. The number of hydrazone groups is 1. The van der Waals surface area contributed by atoms with Gasteiger partial charge in [0.1, 0.15) is 0 Å². The van der Waals surface area contributed by atoms with Crippen LogP contribution in [0.15, 0.2) is 35.4 Å². The fourth-order valence-electron chi connectivity index (χ4n) is 2.15. The first-order valence-electron chi connectivity index (χ1n) is 6.32. The van der Waals surface area contributed by atoms with E-state index in [0.29, 0.717) is 0 Å². The number of esters is 2. The summed E-state index contributed by atoms with van der Waals surface area (Å²) >= 11 is 0. The third kappa shape index (κ3) is 2.64. The summed E-state index contributed by atoms with van der Waals surface area (Å²) < 4.78 is 9.72. The number of carbonyl (C=O) groups is 2. The highest BCUT2D eigenvalue weighted by Crippen LogP contribution is 2.27. The second-order valence-electron chi connectivity index (χ2n) is 4.24. The van der Waals surface area contributed by atoms with E-state index in [2.05, 4.69) is 10.5 Å². The number of nitrogens with zero attached hydrogens (tertiary/aromatic N) is 1. The maximum absolute atomic E-state index is 11.9. The zero-order chi connectivity index (χ0) is 14.5. The van der Waals surface area contributed by atoms with E-state index in [1.165, 1.54) is 7.11 Å². The molecule has 0 amide bonds. The number of hydrogen-bond acceptors (Lipinski definition) is 6. The molecule has 0 radical (unpaired) electrons. The Balaban J connectivity index is 2.33. The highest BCUT2D eigenvalue weighted by atomic mass is 16.5. The van der Waals surface area contributed by atoms with Crippen LogP contribution in [0, 0.1) is 0 Å². The lowest BCUT2D eigenvalue weighted by atomic mass is 9.88. The van der Waals surface area contributed by atoms with Gasteiger partial charge in [0.2, 0.25) is 0 Å². The second kappa shape index (κ2) is 6.18. The molecule has 2 rings (SSSR count). The van der Waals surface area contributed by atoms with Crippen LogP contribution < -0.4 is 5.43 Å². The molecule has 6 nitrogen and oxygen atoms in total. The second-order valence-corrected chi connectivity index (χ2v) is 4.24. The smallest absolute Gasteiger partial charge is 0.355 e. The van der Waals surface area contributed by atoms with Gasteiger partial charge in [-0.3, -0.25) is 5.43 Å². The molecule has 0 bridgehead atoms. The van der Waals surface area contributed by atoms with E-state index in [9.17, 15) is 9.59 Å². The van der Waals surface area contributed by atoms with Gasteiger partial charge in [-0.1, -0.05) is 30.3 Å². The Labute approximate surface area is 116 Å². The molecule has 1 aromatic rings. The number of methoxy groups -OCH3 is 1. The molecule has 1 heterocycles. The van der Waals surface area contributed by atoms with Crippen LogP contribution >= 0.6 is 0 Å². The minimum Gasteiger partial charge on any atom is -0.467 e. The Morgan fingerprint density at radius 1 is 1.30 bits per heavy atom. The van der Waals surface area contributed by atoms with Crippen molar-refractivity contribution < 1.29 is 19.1 Å². The average molecular weight is 276 g/mol. The highest BCUT2D eigenvalue weighted by molar-refractivity contribution is 6.39. The van der Waals surface area contributed by atoms with Crippen LogP contribution in [-0.4, -0.2) is 37.4 Å². The summed E-state index contributed by atoms with van der Waals surface area (Å²) in [6.45, 7) is 1.97. The Morgan fingerprint density at radius 3 is 2.60 bits per heavy atom. The van der Waals surface area contributed by atoms with Gasteiger partial charge < -0.3 is 9.47 Å². The van der Waals surface area contributed by atoms with E-state index >= 15 is 0 Å². The van der Waals surface area contributed by atoms with Crippen molar-refractivity contribution in [2.75, 3.05) is 13.7 Å². The summed E-state index contributed by atoms with van der Waals surface area (Å²) in [5.41, 5.74) is 3.65. The summed E-state index contributed by atoms with van der Waals surface area (Å²) in [6, 6.07) is 8.49. The standard InChI is InChI=1S/C14H16N2O4/c1-3-20-14(18)12-10(9-7-5-4-6-8-9)11(15-16-12)13(17)19-2/h4-8,10-11,15H,3H2,1-2H3. The van der Waals surface area contributed by atoms with Crippen LogP contribution in [0.4, 0.5) is 0 Å². The lowest BCUT2D eigenvalue weighted by Crippen LogP contribution is -2.38. The summed E-state index contributed by atoms with van der Waals surface area (Å²) in [5.74, 6) is -1.51. The summed E-state index contributed by atoms with van der Waals surface area (Å²) in [6.07, 6.45) is 0. The fraction of sp³-hybridized carbons (Fsp3) is 0.357. The molecule has 0 aromatic heterocycles. The van der Waals surface area contributed by atoms with Gasteiger partial charge in [-0.25, -0.2) is 9.59 Å². The van der Waals surface area contributed by atoms with Crippen molar-refractivity contribution in [3.05, 3.63) is 35.9 Å². The zero-order valence-corrected chi connectivity index (χ0v) is 11.3. The molecule has 0 saturated heterocycles. The van der Waals surface area contributed by atoms with E-state index in [1.807, 2.05) is 30.3 Å². The van der Waals surface area contributed by atoms with Crippen LogP contribution in [0.5, 0.6) is 0 Å². The van der Waals surface area contributed by atoms with Gasteiger partial charge in [0.15, 0.2) is 11.8 Å². The van der Waals surface area contributed by atoms with Crippen molar-refractivity contribution in [2.45, 2.75) is 18.9 Å². The van der Waals surface area contributed by atoms with Gasteiger partial charge in [-0.15, -0.1) is 0 Å². The fourth-order valence-corrected chi connectivity index (χ4v) is 2.15. The maximum Gasteiger partial charge on any atom is 0.355 e. The van der Waals surface area contributed by atoms with E-state index in [-0.39, 0.29) is 12.3 Å². The van der Waals surface area contributed by atoms with Crippen LogP contribution in [0.2, 0.25) is 0 Å². The quantitative estimate of drug-likeness (QED) is 0.824. The van der Waals surface area contributed by atoms with Crippen LogP contribution in [0.3, 0.4) is 0 Å². The Kier molecular flexibility index (Phi) is 4.34. The van der Waals surface area contributed by atoms with Crippen molar-refractivity contribution in [1.82, 2.24) is 5.43 Å². The van der Waals surface area contributed by atoms with Crippen molar-refractivity contribution >= 4 is 17.7 Å². The molecule has 6 heteroatoms. The molecule has 0 aliphatic carbocycles.